The normalized spacial score (nSPS) is 15.4. The highest BCUT2D eigenvalue weighted by Crippen LogP contribution is 2.19. The van der Waals surface area contributed by atoms with Crippen LogP contribution in [0.25, 0.3) is 0 Å². The lowest BCUT2D eigenvalue weighted by Gasteiger charge is -2.20. The molecule has 2 heteroatoms. The molecule has 0 unspecified atom stereocenters. The van der Waals surface area contributed by atoms with E-state index in [-0.39, 0.29) is 0 Å². The number of nitrogens with two attached hydrogens (primary N) is 1. The molecule has 0 radical (unpaired) electrons. The topological polar surface area (TPSA) is 29.3 Å². The summed E-state index contributed by atoms with van der Waals surface area (Å²) in [5, 5.41) is 0. The number of anilines is 1. The third-order valence-electron chi connectivity index (χ3n) is 4.41. The second kappa shape index (κ2) is 6.77. The molecule has 0 saturated carbocycles. The molecule has 1 aliphatic heterocycles. The van der Waals surface area contributed by atoms with Crippen molar-refractivity contribution in [2.24, 2.45) is 0 Å². The van der Waals surface area contributed by atoms with Crippen molar-refractivity contribution in [2.75, 3.05) is 18.8 Å². The number of fused-ring (bicyclic) bond motifs is 1. The van der Waals surface area contributed by atoms with Gasteiger partial charge in [0.05, 0.1) is 0 Å². The Balaban J connectivity index is 1.55. The number of nitrogens with zero attached hydrogens (tertiary/aromatic N) is 1. The van der Waals surface area contributed by atoms with Gasteiger partial charge in [0, 0.05) is 12.2 Å². The predicted molar refractivity (Wildman–Crippen MR) is 89.2 cm³/mol. The van der Waals surface area contributed by atoms with Gasteiger partial charge in [-0.15, -0.1) is 0 Å². The van der Waals surface area contributed by atoms with E-state index < -0.39 is 0 Å². The SMILES string of the molecule is Nc1ccccc1CCCN1CCCc2ccccc2C1. The van der Waals surface area contributed by atoms with Crippen LogP contribution in [0.4, 0.5) is 5.69 Å². The highest BCUT2D eigenvalue weighted by Gasteiger charge is 2.13. The second-order valence-corrected chi connectivity index (χ2v) is 5.95. The summed E-state index contributed by atoms with van der Waals surface area (Å²) in [7, 11) is 0. The van der Waals surface area contributed by atoms with Gasteiger partial charge in [-0.25, -0.2) is 0 Å². The minimum Gasteiger partial charge on any atom is -0.399 e. The van der Waals surface area contributed by atoms with E-state index >= 15 is 0 Å². The molecule has 3 rings (SSSR count). The monoisotopic (exact) mass is 280 g/mol. The van der Waals surface area contributed by atoms with Crippen LogP contribution in [0.5, 0.6) is 0 Å². The number of rotatable bonds is 4. The van der Waals surface area contributed by atoms with Gasteiger partial charge in [0.15, 0.2) is 0 Å². The van der Waals surface area contributed by atoms with Gasteiger partial charge in [0.2, 0.25) is 0 Å². The Morgan fingerprint density at radius 3 is 2.57 bits per heavy atom. The Hall–Kier alpha value is -1.80. The van der Waals surface area contributed by atoms with Gasteiger partial charge in [-0.1, -0.05) is 42.5 Å². The number of nitrogen functional groups attached to an aromatic ring is 1. The Kier molecular flexibility index (Phi) is 4.56. The molecule has 2 aromatic carbocycles. The summed E-state index contributed by atoms with van der Waals surface area (Å²) >= 11 is 0. The Morgan fingerprint density at radius 2 is 1.71 bits per heavy atom. The number of para-hydroxylation sites is 1. The van der Waals surface area contributed by atoms with Gasteiger partial charge in [-0.05, 0) is 61.5 Å². The van der Waals surface area contributed by atoms with Crippen molar-refractivity contribution < 1.29 is 0 Å². The average Bonchev–Trinajstić information content (AvgIpc) is 2.71. The van der Waals surface area contributed by atoms with Crippen molar-refractivity contribution in [3.8, 4) is 0 Å². The quantitative estimate of drug-likeness (QED) is 0.866. The molecule has 0 amide bonds. The molecular formula is C19H24N2. The Bertz CT molecular complexity index is 592. The molecule has 2 N–H and O–H groups in total. The number of hydrogen-bond donors (Lipinski definition) is 1. The fourth-order valence-electron chi connectivity index (χ4n) is 3.21. The maximum absolute atomic E-state index is 6.01. The molecular weight excluding hydrogens is 256 g/mol. The molecule has 0 fully saturated rings. The van der Waals surface area contributed by atoms with Crippen LogP contribution in [0.3, 0.4) is 0 Å². The average molecular weight is 280 g/mol. The van der Waals surface area contributed by atoms with Crippen LogP contribution < -0.4 is 5.73 Å². The van der Waals surface area contributed by atoms with Crippen LogP contribution in [0.1, 0.15) is 29.5 Å². The second-order valence-electron chi connectivity index (χ2n) is 5.95. The van der Waals surface area contributed by atoms with Gasteiger partial charge in [-0.2, -0.15) is 0 Å². The Morgan fingerprint density at radius 1 is 0.952 bits per heavy atom. The summed E-state index contributed by atoms with van der Waals surface area (Å²) in [5.41, 5.74) is 11.3. The number of hydrogen-bond acceptors (Lipinski definition) is 2. The van der Waals surface area contributed by atoms with E-state index in [1.165, 1.54) is 42.5 Å². The Labute approximate surface area is 127 Å². The van der Waals surface area contributed by atoms with Gasteiger partial charge >= 0.3 is 0 Å². The molecule has 1 heterocycles. The molecule has 0 spiro atoms. The zero-order valence-corrected chi connectivity index (χ0v) is 12.6. The largest absolute Gasteiger partial charge is 0.399 e. The van der Waals surface area contributed by atoms with Crippen LogP contribution in [-0.4, -0.2) is 18.0 Å². The molecule has 1 aliphatic rings. The van der Waals surface area contributed by atoms with Crippen molar-refractivity contribution in [1.29, 1.82) is 0 Å². The highest BCUT2D eigenvalue weighted by atomic mass is 15.1. The molecule has 2 nitrogen and oxygen atoms in total. The van der Waals surface area contributed by atoms with Crippen LogP contribution in [0.2, 0.25) is 0 Å². The van der Waals surface area contributed by atoms with Gasteiger partial charge < -0.3 is 5.73 Å². The fourth-order valence-corrected chi connectivity index (χ4v) is 3.21. The smallest absolute Gasteiger partial charge is 0.0346 e. The van der Waals surface area contributed by atoms with Crippen molar-refractivity contribution in [1.82, 2.24) is 4.90 Å². The summed E-state index contributed by atoms with van der Waals surface area (Å²) in [6, 6.07) is 17.1. The molecule has 21 heavy (non-hydrogen) atoms. The van der Waals surface area contributed by atoms with Gasteiger partial charge in [0.25, 0.3) is 0 Å². The van der Waals surface area contributed by atoms with Crippen LogP contribution in [-0.2, 0) is 19.4 Å². The van der Waals surface area contributed by atoms with E-state index in [1.54, 1.807) is 0 Å². The number of benzene rings is 2. The van der Waals surface area contributed by atoms with Crippen molar-refractivity contribution in [2.45, 2.75) is 32.2 Å². The first-order valence-electron chi connectivity index (χ1n) is 7.95. The highest BCUT2D eigenvalue weighted by molar-refractivity contribution is 5.46. The van der Waals surface area contributed by atoms with E-state index in [1.807, 2.05) is 12.1 Å². The summed E-state index contributed by atoms with van der Waals surface area (Å²) < 4.78 is 0. The van der Waals surface area contributed by atoms with E-state index in [0.717, 1.165) is 25.2 Å². The summed E-state index contributed by atoms with van der Waals surface area (Å²) in [6.45, 7) is 3.46. The molecule has 2 aromatic rings. The number of aryl methyl sites for hydroxylation is 2. The van der Waals surface area contributed by atoms with Crippen molar-refractivity contribution in [3.63, 3.8) is 0 Å². The van der Waals surface area contributed by atoms with Gasteiger partial charge in [-0.3, -0.25) is 4.90 Å². The van der Waals surface area contributed by atoms with E-state index in [4.69, 9.17) is 5.73 Å². The first kappa shape index (κ1) is 14.2. The first-order chi connectivity index (χ1) is 10.3. The van der Waals surface area contributed by atoms with E-state index in [9.17, 15) is 0 Å². The first-order valence-corrected chi connectivity index (χ1v) is 7.95. The van der Waals surface area contributed by atoms with Crippen molar-refractivity contribution >= 4 is 5.69 Å². The van der Waals surface area contributed by atoms with Crippen LogP contribution in [0.15, 0.2) is 48.5 Å². The minimum atomic E-state index is 0.929. The molecule has 110 valence electrons. The molecule has 0 aromatic heterocycles. The standard InChI is InChI=1S/C19H24N2/c20-19-12-4-3-8-17(19)11-6-14-21-13-5-10-16-7-1-2-9-18(16)15-21/h1-4,7-9,12H,5-6,10-11,13-15,20H2. The summed E-state index contributed by atoms with van der Waals surface area (Å²) in [5.74, 6) is 0. The lowest BCUT2D eigenvalue weighted by Crippen LogP contribution is -2.24. The zero-order chi connectivity index (χ0) is 14.5. The third kappa shape index (κ3) is 3.64. The molecule has 0 aliphatic carbocycles. The van der Waals surface area contributed by atoms with E-state index in [2.05, 4.69) is 41.3 Å². The summed E-state index contributed by atoms with van der Waals surface area (Å²) in [6.07, 6.45) is 4.74. The zero-order valence-electron chi connectivity index (χ0n) is 12.6. The predicted octanol–water partition coefficient (Wildman–Crippen LogP) is 3.65. The summed E-state index contributed by atoms with van der Waals surface area (Å²) in [4.78, 5) is 2.59. The molecule has 0 saturated heterocycles. The third-order valence-corrected chi connectivity index (χ3v) is 4.41. The molecule has 0 bridgehead atoms. The lowest BCUT2D eigenvalue weighted by molar-refractivity contribution is 0.266. The maximum atomic E-state index is 6.01. The lowest BCUT2D eigenvalue weighted by atomic mass is 10.0. The molecule has 0 atom stereocenters. The maximum Gasteiger partial charge on any atom is 0.0346 e. The van der Waals surface area contributed by atoms with Crippen molar-refractivity contribution in [3.05, 3.63) is 65.2 Å². The minimum absolute atomic E-state index is 0.929. The fraction of sp³-hybridized carbons (Fsp3) is 0.368. The van der Waals surface area contributed by atoms with Gasteiger partial charge in [0.1, 0.15) is 0 Å². The van der Waals surface area contributed by atoms with Crippen LogP contribution >= 0.6 is 0 Å². The van der Waals surface area contributed by atoms with E-state index in [0.29, 0.717) is 0 Å². The van der Waals surface area contributed by atoms with Crippen LogP contribution in [0, 0.1) is 0 Å².